The lowest BCUT2D eigenvalue weighted by atomic mass is 9.90. The molecule has 16 heterocycles. The zero-order valence-corrected chi connectivity index (χ0v) is 84.6. The molecule has 710 valence electrons. The Hall–Kier alpha value is 0.219. The van der Waals surface area contributed by atoms with Gasteiger partial charge >= 0.3 is 96.0 Å². The van der Waals surface area contributed by atoms with Crippen molar-refractivity contribution in [2.45, 2.75) is 195 Å². The van der Waals surface area contributed by atoms with Crippen LogP contribution in [-0.2, 0) is 175 Å². The largest absolute Gasteiger partial charge is 0.509 e. The molecule has 16 fully saturated rings. The van der Waals surface area contributed by atoms with Gasteiger partial charge in [0.25, 0.3) is 0 Å². The Morgan fingerprint density at radius 1 is 0.326 bits per heavy atom. The predicted molar refractivity (Wildman–Crippen MR) is 491 cm³/mol. The van der Waals surface area contributed by atoms with E-state index >= 15 is 0 Å². The van der Waals surface area contributed by atoms with Gasteiger partial charge in [0.15, 0.2) is 73.6 Å². The molecule has 0 spiro atoms. The summed E-state index contributed by atoms with van der Waals surface area (Å²) in [6, 6.07) is -3.44. The molecular formula is C57H82B8O45P8S11. The molecule has 0 aliphatic carbocycles. The summed E-state index contributed by atoms with van der Waals surface area (Å²) >= 11 is 38.8. The average Bonchev–Trinajstić information content (AvgIpc) is 1.60. The fraction of sp³-hybridized carbons (Fsp3) is 0.860. The van der Waals surface area contributed by atoms with Gasteiger partial charge in [-0.05, 0) is 30.5 Å². The SMILES string of the molecule is [B]C1OC(COP(C)(=O)O)C2OC(=O)OC12.[B]C1OC(COP(C)(=O)O)C2OC(=O)SC12.[B]C1OC(COP(C)(=O)O)C2OC(=S)OC12.[B]C1OC(COP(C)(=O)O)C2OC(=S)OC12.[B]C1OC(COP(C)(=O)O)C2OC(=S)OC12.[B]C1SC(C)(COP(C)(=O)O)C2OC(=S)OC12.[B]C1SC(COP(C)(=O)O)C2OC(=S)OC12.[B]C1SC(COP(C)(O)=S)C2OC(=S)OC12. The molecule has 0 aromatic heterocycles. The Morgan fingerprint density at radius 2 is 0.589 bits per heavy atom. The first-order valence-electron chi connectivity index (χ1n) is 37.2. The minimum Gasteiger partial charge on any atom is -0.450 e. The number of ether oxygens (including phenoxy) is 20. The second-order valence-electron chi connectivity index (χ2n) is 29.9. The Bertz CT molecular complexity index is 3770. The van der Waals surface area contributed by atoms with Crippen molar-refractivity contribution in [3.05, 3.63) is 0 Å². The van der Waals surface area contributed by atoms with Crippen LogP contribution >= 0.6 is 180 Å². The average molecular weight is 2170 g/mol. The zero-order chi connectivity index (χ0) is 96.3. The summed E-state index contributed by atoms with van der Waals surface area (Å²) in [6.07, 6.45) is -10.2. The predicted octanol–water partition coefficient (Wildman–Crippen LogP) is 1.29. The lowest BCUT2D eigenvalue weighted by molar-refractivity contribution is -0.0153. The van der Waals surface area contributed by atoms with Crippen LogP contribution in [0.3, 0.4) is 0 Å². The molecule has 129 heavy (non-hydrogen) atoms. The third-order valence-corrected chi connectivity index (χ3v) is 30.4. The molecule has 72 heteroatoms. The van der Waals surface area contributed by atoms with Crippen molar-refractivity contribution in [2.75, 3.05) is 106 Å². The Morgan fingerprint density at radius 3 is 0.930 bits per heavy atom. The molecule has 16 saturated heterocycles. The fourth-order valence-corrected chi connectivity index (χ4v) is 23.5. The molecule has 40 atom stereocenters. The van der Waals surface area contributed by atoms with E-state index in [1.54, 1.807) is 0 Å². The molecular weight excluding hydrogens is 2090 g/mol. The van der Waals surface area contributed by atoms with E-state index in [-0.39, 0.29) is 145 Å². The maximum Gasteiger partial charge on any atom is 0.509 e. The molecule has 40 unspecified atom stereocenters. The van der Waals surface area contributed by atoms with Crippen molar-refractivity contribution in [2.24, 2.45) is 0 Å². The first-order chi connectivity index (χ1) is 59.3. The molecule has 0 aromatic carbocycles. The molecule has 8 N–H and O–H groups in total. The highest BCUT2D eigenvalue weighted by molar-refractivity contribution is 8.14. The zero-order valence-electron chi connectivity index (χ0n) is 68.4. The number of hydrogen-bond donors (Lipinski definition) is 8. The highest BCUT2D eigenvalue weighted by Crippen LogP contribution is 2.53. The van der Waals surface area contributed by atoms with Gasteiger partial charge in [-0.1, -0.05) is 0 Å². The summed E-state index contributed by atoms with van der Waals surface area (Å²) in [5.41, 5.74) is 0. The van der Waals surface area contributed by atoms with Crippen LogP contribution in [-0.4, -0.2) is 439 Å². The van der Waals surface area contributed by atoms with Crippen molar-refractivity contribution in [1.82, 2.24) is 0 Å². The Balaban J connectivity index is 0.000000166. The van der Waals surface area contributed by atoms with Crippen LogP contribution in [0.2, 0.25) is 0 Å². The van der Waals surface area contributed by atoms with Gasteiger partial charge in [0.05, 0.1) is 121 Å². The van der Waals surface area contributed by atoms with Crippen LogP contribution in [0.25, 0.3) is 0 Å². The van der Waals surface area contributed by atoms with Gasteiger partial charge in [0.2, 0.25) is 0 Å². The highest BCUT2D eigenvalue weighted by Gasteiger charge is 2.60. The summed E-state index contributed by atoms with van der Waals surface area (Å²) in [5, 5.41) is -1.20. The molecule has 16 aliphatic heterocycles. The van der Waals surface area contributed by atoms with Crippen molar-refractivity contribution >= 4 is 297 Å². The van der Waals surface area contributed by atoms with Gasteiger partial charge < -0.3 is 170 Å². The topological polar surface area (TPSA) is 574 Å². The number of carbonyl (C=O) groups is 2. The molecule has 0 amide bonds. The van der Waals surface area contributed by atoms with E-state index in [4.69, 9.17) is 309 Å². The van der Waals surface area contributed by atoms with Crippen LogP contribution in [0.5, 0.6) is 0 Å². The molecule has 0 aromatic rings. The number of rotatable bonds is 24. The molecule has 0 bridgehead atoms. The summed E-state index contributed by atoms with van der Waals surface area (Å²) in [7, 11) is 21.0. The van der Waals surface area contributed by atoms with Crippen LogP contribution in [0.4, 0.5) is 9.59 Å². The quantitative estimate of drug-likeness (QED) is 0.0292. The summed E-state index contributed by atoms with van der Waals surface area (Å²) in [4.78, 5) is 94.3. The number of thioether (sulfide) groups is 4. The molecule has 16 radical (unpaired) electrons. The van der Waals surface area contributed by atoms with E-state index in [2.05, 4.69) is 4.52 Å². The van der Waals surface area contributed by atoms with E-state index < -0.39 is 191 Å². The lowest BCUT2D eigenvalue weighted by Crippen LogP contribution is -2.40. The second kappa shape index (κ2) is 46.5. The molecule has 16 aliphatic rings. The minimum atomic E-state index is -3.59. The van der Waals surface area contributed by atoms with Gasteiger partial charge in [-0.15, -0.1) is 0 Å². The number of fused-ring (bicyclic) bond motifs is 8. The first-order valence-corrected chi connectivity index (χ1v) is 60.5. The van der Waals surface area contributed by atoms with Crippen molar-refractivity contribution in [3.8, 4) is 0 Å². The van der Waals surface area contributed by atoms with E-state index in [9.17, 15) is 46.4 Å². The summed E-state index contributed by atoms with van der Waals surface area (Å²) in [5.74, 6) is 0. The number of hydrogen-bond acceptors (Lipinski definition) is 48. The van der Waals surface area contributed by atoms with Gasteiger partial charge in [0, 0.05) is 148 Å². The van der Waals surface area contributed by atoms with Crippen LogP contribution < -0.4 is 0 Å². The van der Waals surface area contributed by atoms with Crippen LogP contribution in [0.1, 0.15) is 6.92 Å². The van der Waals surface area contributed by atoms with Gasteiger partial charge in [0.1, 0.15) is 94.2 Å². The van der Waals surface area contributed by atoms with E-state index in [0.29, 0.717) is 6.61 Å². The molecule has 45 nitrogen and oxygen atoms in total. The van der Waals surface area contributed by atoms with E-state index in [0.717, 1.165) is 58.4 Å². The molecule has 16 rings (SSSR count). The summed E-state index contributed by atoms with van der Waals surface area (Å²) < 4.78 is 219. The number of carbonyl (C=O) groups excluding carboxylic acids is 2. The maximum atomic E-state index is 11.1. The molecule has 0 saturated carbocycles. The monoisotopic (exact) mass is 2170 g/mol. The Labute approximate surface area is 803 Å². The maximum absolute atomic E-state index is 11.1. The van der Waals surface area contributed by atoms with E-state index in [1.165, 1.54) is 42.0 Å². The van der Waals surface area contributed by atoms with Crippen LogP contribution in [0.15, 0.2) is 0 Å². The van der Waals surface area contributed by atoms with Gasteiger partial charge in [-0.25, -0.2) is 9.59 Å². The second-order valence-corrected chi connectivity index (χ2v) is 54.5. The normalized spacial score (nSPS) is 41.4. The Kier molecular flexibility index (Phi) is 40.7. The van der Waals surface area contributed by atoms with Crippen molar-refractivity contribution < 1.29 is 212 Å². The standard InChI is InChI=1S/C8H12BO5PS2.C7H10BO7P.4C7H10BO6PS.C7H10BO5PS2.C7H10BO4PS3/c1-8(3-12-15(2,10)11)5-4(6(9)17-8)13-7(16)14-5;1-16(10,11)12-2-3-4-5(6(8)13-3)15-7(9)14-4;3*1-15(9,10)11-2-3-4-5(6(8)12-3)14-7(16)13-4;1-15(10,11)12-2-3-4-5(6(8)13-3)16-7(9)14-4;1-14(9,10)11-2-3-4-5(6(8)16-3)13-7(15)12-4;1-13(9,15)10-2-3-4-5(6(8)16-3)12-7(14)11-4/h4-6H,3H2,1-2H3,(H,10,11);3-6H,2H2,1H3,(H,10,11);3*3-6H,2H2,1H3,(H,9,10);3-6H,2H2,1H3,(H,10,11);3-6H,2H2,1H3,(H,9,10);3-6H,2H2,1H3,(H,9,15). The van der Waals surface area contributed by atoms with Crippen molar-refractivity contribution in [1.29, 1.82) is 0 Å². The first kappa shape index (κ1) is 113. The smallest absolute Gasteiger partial charge is 0.450 e. The van der Waals surface area contributed by atoms with E-state index in [1.807, 2.05) is 6.92 Å². The number of thiocarbonyl (C=S) groups is 6. The summed E-state index contributed by atoms with van der Waals surface area (Å²) in [6.45, 7) is 8.29. The minimum absolute atomic E-state index is 0.00475. The third-order valence-electron chi connectivity index (χ3n) is 18.7. The van der Waals surface area contributed by atoms with Crippen molar-refractivity contribution in [3.63, 3.8) is 0 Å². The third kappa shape index (κ3) is 34.2. The van der Waals surface area contributed by atoms with Gasteiger partial charge in [-0.3, -0.25) is 32.0 Å². The van der Waals surface area contributed by atoms with Crippen LogP contribution in [0, 0.1) is 0 Å². The fourth-order valence-electron chi connectivity index (χ4n) is 13.3. The highest BCUT2D eigenvalue weighted by atomic mass is 32.5. The van der Waals surface area contributed by atoms with Gasteiger partial charge in [-0.2, -0.15) is 35.3 Å². The lowest BCUT2D eigenvalue weighted by Gasteiger charge is -2.27.